The van der Waals surface area contributed by atoms with Crippen LogP contribution >= 0.6 is 34.8 Å². The molecule has 0 aromatic heterocycles. The molecule has 0 radical (unpaired) electrons. The highest BCUT2D eigenvalue weighted by Crippen LogP contribution is 2.33. The van der Waals surface area contributed by atoms with Gasteiger partial charge in [0.05, 0.1) is 15.1 Å². The lowest BCUT2D eigenvalue weighted by Crippen LogP contribution is -2.36. The standard InChI is InChI=1S/C12H10Cl3NO3/c13-7-5-9(15)10(6-8(7)14)19-12(18)11(17)16-3-1-2-4-16/h5-6H,1-4H2. The number of amides is 1. The molecule has 0 bridgehead atoms. The van der Waals surface area contributed by atoms with Crippen molar-refractivity contribution in [3.63, 3.8) is 0 Å². The smallest absolute Gasteiger partial charge is 0.402 e. The summed E-state index contributed by atoms with van der Waals surface area (Å²) in [5.74, 6) is -1.62. The number of hydrogen-bond donors (Lipinski definition) is 0. The molecule has 1 aromatic carbocycles. The van der Waals surface area contributed by atoms with Crippen molar-refractivity contribution in [1.82, 2.24) is 4.90 Å². The number of nitrogens with zero attached hydrogens (tertiary/aromatic N) is 1. The molecular weight excluding hydrogens is 312 g/mol. The monoisotopic (exact) mass is 321 g/mol. The van der Waals surface area contributed by atoms with Crippen molar-refractivity contribution in [3.05, 3.63) is 27.2 Å². The van der Waals surface area contributed by atoms with Crippen LogP contribution < -0.4 is 4.74 Å². The minimum absolute atomic E-state index is 0.0219. The first-order chi connectivity index (χ1) is 8.99. The summed E-state index contributed by atoms with van der Waals surface area (Å²) in [5, 5.41) is 0.566. The SMILES string of the molecule is O=C(Oc1cc(Cl)c(Cl)cc1Cl)C(=O)N1CCCC1. The maximum absolute atomic E-state index is 11.8. The Hall–Kier alpha value is -0.970. The van der Waals surface area contributed by atoms with Gasteiger partial charge in [0.15, 0.2) is 5.75 Å². The van der Waals surface area contributed by atoms with Gasteiger partial charge in [0.25, 0.3) is 0 Å². The number of halogens is 3. The van der Waals surface area contributed by atoms with Gasteiger partial charge in [-0.3, -0.25) is 4.79 Å². The first-order valence-corrected chi connectivity index (χ1v) is 6.78. The molecule has 0 unspecified atom stereocenters. The van der Waals surface area contributed by atoms with E-state index in [-0.39, 0.29) is 20.8 Å². The molecule has 2 rings (SSSR count). The van der Waals surface area contributed by atoms with Gasteiger partial charge in [-0.2, -0.15) is 0 Å². The van der Waals surface area contributed by atoms with Crippen LogP contribution in [0.2, 0.25) is 15.1 Å². The lowest BCUT2D eigenvalue weighted by Gasteiger charge is -2.14. The Morgan fingerprint density at radius 3 is 2.21 bits per heavy atom. The van der Waals surface area contributed by atoms with Crippen LogP contribution in [0.4, 0.5) is 0 Å². The van der Waals surface area contributed by atoms with E-state index >= 15 is 0 Å². The van der Waals surface area contributed by atoms with Gasteiger partial charge in [-0.25, -0.2) is 4.79 Å². The van der Waals surface area contributed by atoms with E-state index in [9.17, 15) is 9.59 Å². The van der Waals surface area contributed by atoms with Crippen molar-refractivity contribution in [2.45, 2.75) is 12.8 Å². The van der Waals surface area contributed by atoms with Gasteiger partial charge < -0.3 is 9.64 Å². The van der Waals surface area contributed by atoms with Crippen LogP contribution in [0, 0.1) is 0 Å². The summed E-state index contributed by atoms with van der Waals surface area (Å²) in [6.45, 7) is 1.14. The van der Waals surface area contributed by atoms with Crippen LogP contribution in [-0.2, 0) is 9.59 Å². The van der Waals surface area contributed by atoms with Crippen LogP contribution in [0.25, 0.3) is 0 Å². The van der Waals surface area contributed by atoms with Gasteiger partial charge in [0.2, 0.25) is 0 Å². The van der Waals surface area contributed by atoms with Gasteiger partial charge in [-0.1, -0.05) is 34.8 Å². The molecule has 0 spiro atoms. The number of esters is 1. The van der Waals surface area contributed by atoms with E-state index in [2.05, 4.69) is 0 Å². The molecule has 102 valence electrons. The van der Waals surface area contributed by atoms with Crippen molar-refractivity contribution >= 4 is 46.7 Å². The largest absolute Gasteiger partial charge is 0.418 e. The van der Waals surface area contributed by atoms with Crippen molar-refractivity contribution in [1.29, 1.82) is 0 Å². The molecule has 0 saturated carbocycles. The molecule has 0 atom stereocenters. The summed E-state index contributed by atoms with van der Waals surface area (Å²) in [7, 11) is 0. The molecule has 0 N–H and O–H groups in total. The fourth-order valence-corrected chi connectivity index (χ4v) is 2.35. The topological polar surface area (TPSA) is 46.6 Å². The minimum Gasteiger partial charge on any atom is -0.418 e. The Morgan fingerprint density at radius 1 is 1.00 bits per heavy atom. The number of hydrogen-bond acceptors (Lipinski definition) is 3. The molecule has 0 aliphatic carbocycles. The molecule has 4 nitrogen and oxygen atoms in total. The normalized spacial score (nSPS) is 14.6. The highest BCUT2D eigenvalue weighted by atomic mass is 35.5. The van der Waals surface area contributed by atoms with Crippen LogP contribution in [0.15, 0.2) is 12.1 Å². The molecule has 1 amide bonds. The molecule has 7 heteroatoms. The molecular formula is C12H10Cl3NO3. The fourth-order valence-electron chi connectivity index (χ4n) is 1.78. The molecule has 1 saturated heterocycles. The third kappa shape index (κ3) is 3.32. The first-order valence-electron chi connectivity index (χ1n) is 5.64. The van der Waals surface area contributed by atoms with Crippen LogP contribution in [0.5, 0.6) is 5.75 Å². The Bertz CT molecular complexity index is 527. The average molecular weight is 323 g/mol. The summed E-state index contributed by atoms with van der Waals surface area (Å²) < 4.78 is 4.95. The molecule has 1 aromatic rings. The van der Waals surface area contributed by atoms with Gasteiger partial charge in [0.1, 0.15) is 0 Å². The maximum atomic E-state index is 11.8. The number of ether oxygens (including phenoxy) is 1. The fraction of sp³-hybridized carbons (Fsp3) is 0.333. The number of rotatable bonds is 1. The van der Waals surface area contributed by atoms with Crippen LogP contribution in [0.1, 0.15) is 12.8 Å². The predicted molar refractivity (Wildman–Crippen MR) is 72.9 cm³/mol. The van der Waals surface area contributed by atoms with Gasteiger partial charge in [-0.05, 0) is 18.9 Å². The zero-order chi connectivity index (χ0) is 14.0. The molecule has 19 heavy (non-hydrogen) atoms. The van der Waals surface area contributed by atoms with E-state index < -0.39 is 11.9 Å². The van der Waals surface area contributed by atoms with E-state index in [4.69, 9.17) is 39.5 Å². The summed E-state index contributed by atoms with van der Waals surface area (Å²) in [4.78, 5) is 24.9. The molecule has 1 fully saturated rings. The van der Waals surface area contributed by atoms with Crippen molar-refractivity contribution < 1.29 is 14.3 Å². The van der Waals surface area contributed by atoms with E-state index in [1.165, 1.54) is 17.0 Å². The van der Waals surface area contributed by atoms with E-state index in [1.807, 2.05) is 0 Å². The van der Waals surface area contributed by atoms with Crippen LogP contribution in [0.3, 0.4) is 0 Å². The lowest BCUT2D eigenvalue weighted by atomic mass is 10.3. The first kappa shape index (κ1) is 14.4. The highest BCUT2D eigenvalue weighted by molar-refractivity contribution is 6.43. The van der Waals surface area contributed by atoms with Crippen molar-refractivity contribution in [2.75, 3.05) is 13.1 Å². The second-order valence-corrected chi connectivity index (χ2v) is 5.31. The Labute approximate surface area is 125 Å². The second kappa shape index (κ2) is 5.99. The van der Waals surface area contributed by atoms with E-state index in [0.29, 0.717) is 13.1 Å². The minimum atomic E-state index is -0.970. The number of benzene rings is 1. The molecule has 1 aliphatic rings. The third-order valence-electron chi connectivity index (χ3n) is 2.75. The van der Waals surface area contributed by atoms with Gasteiger partial charge >= 0.3 is 11.9 Å². The van der Waals surface area contributed by atoms with Gasteiger partial charge in [-0.15, -0.1) is 0 Å². The summed E-state index contributed by atoms with van der Waals surface area (Å²) in [6.07, 6.45) is 1.79. The number of carbonyl (C=O) groups is 2. The Kier molecular flexibility index (Phi) is 4.55. The van der Waals surface area contributed by atoms with E-state index in [1.54, 1.807) is 0 Å². The van der Waals surface area contributed by atoms with Crippen LogP contribution in [-0.4, -0.2) is 29.9 Å². The highest BCUT2D eigenvalue weighted by Gasteiger charge is 2.27. The lowest BCUT2D eigenvalue weighted by molar-refractivity contribution is -0.153. The quantitative estimate of drug-likeness (QED) is 0.345. The molecule has 1 aliphatic heterocycles. The van der Waals surface area contributed by atoms with Crippen molar-refractivity contribution in [3.8, 4) is 5.75 Å². The van der Waals surface area contributed by atoms with Crippen molar-refractivity contribution in [2.24, 2.45) is 0 Å². The van der Waals surface area contributed by atoms with Gasteiger partial charge in [0, 0.05) is 19.2 Å². The summed E-state index contributed by atoms with van der Waals surface area (Å²) >= 11 is 17.4. The predicted octanol–water partition coefficient (Wildman–Crippen LogP) is 3.17. The summed E-state index contributed by atoms with van der Waals surface area (Å²) in [6, 6.07) is 2.66. The number of likely N-dealkylation sites (tertiary alicyclic amines) is 1. The third-order valence-corrected chi connectivity index (χ3v) is 3.76. The zero-order valence-electron chi connectivity index (χ0n) is 9.79. The molecule has 1 heterocycles. The Balaban J connectivity index is 2.10. The maximum Gasteiger partial charge on any atom is 0.402 e. The summed E-state index contributed by atoms with van der Waals surface area (Å²) in [5.41, 5.74) is 0. The number of carbonyl (C=O) groups excluding carboxylic acids is 2. The second-order valence-electron chi connectivity index (χ2n) is 4.09. The zero-order valence-corrected chi connectivity index (χ0v) is 12.1. The average Bonchev–Trinajstić information content (AvgIpc) is 2.88. The van der Waals surface area contributed by atoms with E-state index in [0.717, 1.165) is 12.8 Å². The Morgan fingerprint density at radius 2 is 1.58 bits per heavy atom.